The number of halogens is 2. The van der Waals surface area contributed by atoms with E-state index in [4.69, 9.17) is 16.3 Å². The highest BCUT2D eigenvalue weighted by atomic mass is 35.5. The minimum atomic E-state index is -1.01. The largest absolute Gasteiger partial charge is 0.387 e. The minimum absolute atomic E-state index is 0.0120. The van der Waals surface area contributed by atoms with E-state index in [0.29, 0.717) is 12.2 Å². The SMILES string of the molecule is CCC(COC)NC(=O)NCC(O)c1ccc(Cl)c(F)c1. The predicted molar refractivity (Wildman–Crippen MR) is 78.9 cm³/mol. The number of aliphatic hydroxyl groups excluding tert-OH is 1. The highest BCUT2D eigenvalue weighted by Gasteiger charge is 2.13. The number of rotatable bonds is 7. The molecule has 21 heavy (non-hydrogen) atoms. The first-order valence-electron chi connectivity index (χ1n) is 6.64. The maximum atomic E-state index is 13.3. The average molecular weight is 319 g/mol. The fourth-order valence-corrected chi connectivity index (χ4v) is 1.84. The summed E-state index contributed by atoms with van der Waals surface area (Å²) in [6.07, 6.45) is -0.281. The van der Waals surface area contributed by atoms with Crippen molar-refractivity contribution < 1.29 is 19.0 Å². The van der Waals surface area contributed by atoms with E-state index in [1.54, 1.807) is 7.11 Å². The quantitative estimate of drug-likeness (QED) is 0.722. The van der Waals surface area contributed by atoms with Gasteiger partial charge >= 0.3 is 6.03 Å². The van der Waals surface area contributed by atoms with Crippen LogP contribution >= 0.6 is 11.6 Å². The molecular formula is C14H20ClFN2O3. The number of nitrogens with one attached hydrogen (secondary N) is 2. The molecule has 1 aromatic carbocycles. The zero-order valence-corrected chi connectivity index (χ0v) is 12.8. The number of urea groups is 1. The molecule has 1 aromatic rings. The van der Waals surface area contributed by atoms with Crippen molar-refractivity contribution in [3.05, 3.63) is 34.6 Å². The van der Waals surface area contributed by atoms with Crippen LogP contribution in [0.5, 0.6) is 0 Å². The lowest BCUT2D eigenvalue weighted by Gasteiger charge is -2.18. The Balaban J connectivity index is 2.46. The van der Waals surface area contributed by atoms with Crippen molar-refractivity contribution in [1.29, 1.82) is 0 Å². The molecule has 1 rings (SSSR count). The second-order valence-corrected chi connectivity index (χ2v) is 5.01. The van der Waals surface area contributed by atoms with Crippen molar-refractivity contribution in [1.82, 2.24) is 10.6 Å². The molecule has 0 fully saturated rings. The van der Waals surface area contributed by atoms with Gasteiger partial charge in [0.1, 0.15) is 5.82 Å². The molecule has 2 amide bonds. The van der Waals surface area contributed by atoms with E-state index >= 15 is 0 Å². The highest BCUT2D eigenvalue weighted by molar-refractivity contribution is 6.30. The molecule has 2 unspecified atom stereocenters. The third kappa shape index (κ3) is 5.87. The van der Waals surface area contributed by atoms with E-state index in [-0.39, 0.29) is 17.6 Å². The molecule has 0 aliphatic rings. The summed E-state index contributed by atoms with van der Waals surface area (Å²) in [4.78, 5) is 11.7. The third-order valence-electron chi connectivity index (χ3n) is 2.98. The van der Waals surface area contributed by atoms with Crippen LogP contribution in [0.25, 0.3) is 0 Å². The maximum absolute atomic E-state index is 13.3. The van der Waals surface area contributed by atoms with E-state index in [2.05, 4.69) is 10.6 Å². The number of methoxy groups -OCH3 is 1. The van der Waals surface area contributed by atoms with Crippen LogP contribution in [0.4, 0.5) is 9.18 Å². The molecule has 0 saturated heterocycles. The molecular weight excluding hydrogens is 299 g/mol. The second-order valence-electron chi connectivity index (χ2n) is 4.60. The Morgan fingerprint density at radius 2 is 2.24 bits per heavy atom. The van der Waals surface area contributed by atoms with Gasteiger partial charge in [0.15, 0.2) is 0 Å². The fourth-order valence-electron chi connectivity index (χ4n) is 1.73. The Bertz CT molecular complexity index is 474. The maximum Gasteiger partial charge on any atom is 0.315 e. The Kier molecular flexibility index (Phi) is 7.42. The fraction of sp³-hybridized carbons (Fsp3) is 0.500. The standard InChI is InChI=1S/C14H20ClFN2O3/c1-3-10(8-21-2)18-14(20)17-7-13(19)9-4-5-11(15)12(16)6-9/h4-6,10,13,19H,3,7-8H2,1-2H3,(H2,17,18,20). The summed E-state index contributed by atoms with van der Waals surface area (Å²) in [5, 5.41) is 15.1. The highest BCUT2D eigenvalue weighted by Crippen LogP contribution is 2.19. The monoisotopic (exact) mass is 318 g/mol. The van der Waals surface area contributed by atoms with E-state index in [1.807, 2.05) is 6.92 Å². The van der Waals surface area contributed by atoms with Gasteiger partial charge in [0.25, 0.3) is 0 Å². The molecule has 0 spiro atoms. The summed E-state index contributed by atoms with van der Waals surface area (Å²) >= 11 is 5.57. The van der Waals surface area contributed by atoms with Gasteiger partial charge in [-0.25, -0.2) is 9.18 Å². The average Bonchev–Trinajstić information content (AvgIpc) is 2.47. The summed E-state index contributed by atoms with van der Waals surface area (Å²) in [5.74, 6) is -0.608. The van der Waals surface area contributed by atoms with Crippen LogP contribution in [0, 0.1) is 5.82 Å². The zero-order chi connectivity index (χ0) is 15.8. The van der Waals surface area contributed by atoms with Gasteiger partial charge in [-0.15, -0.1) is 0 Å². The molecule has 0 aromatic heterocycles. The molecule has 0 heterocycles. The van der Waals surface area contributed by atoms with Crippen LogP contribution in [-0.2, 0) is 4.74 Å². The number of benzene rings is 1. The van der Waals surface area contributed by atoms with Gasteiger partial charge in [0.2, 0.25) is 0 Å². The van der Waals surface area contributed by atoms with Crippen LogP contribution < -0.4 is 10.6 Å². The van der Waals surface area contributed by atoms with Crippen LogP contribution in [0.15, 0.2) is 18.2 Å². The number of carbonyl (C=O) groups is 1. The van der Waals surface area contributed by atoms with Crippen molar-refractivity contribution in [3.63, 3.8) is 0 Å². The summed E-state index contributed by atoms with van der Waals surface area (Å²) in [6, 6.07) is 3.51. The summed E-state index contributed by atoms with van der Waals surface area (Å²) < 4.78 is 18.3. The molecule has 5 nitrogen and oxygen atoms in total. The Morgan fingerprint density at radius 1 is 1.52 bits per heavy atom. The van der Waals surface area contributed by atoms with Gasteiger partial charge in [-0.1, -0.05) is 24.6 Å². The van der Waals surface area contributed by atoms with Gasteiger partial charge in [-0.2, -0.15) is 0 Å². The lowest BCUT2D eigenvalue weighted by molar-refractivity contribution is 0.157. The minimum Gasteiger partial charge on any atom is -0.387 e. The van der Waals surface area contributed by atoms with Crippen LogP contribution in [0.3, 0.4) is 0 Å². The van der Waals surface area contributed by atoms with Crippen molar-refractivity contribution in [2.45, 2.75) is 25.5 Å². The van der Waals surface area contributed by atoms with Crippen LogP contribution in [0.2, 0.25) is 5.02 Å². The van der Waals surface area contributed by atoms with Crippen LogP contribution in [-0.4, -0.2) is 37.4 Å². The van der Waals surface area contributed by atoms with Crippen molar-refractivity contribution >= 4 is 17.6 Å². The molecule has 2 atom stereocenters. The number of hydrogen-bond donors (Lipinski definition) is 3. The number of carbonyl (C=O) groups excluding carboxylic acids is 1. The topological polar surface area (TPSA) is 70.6 Å². The lowest BCUT2D eigenvalue weighted by Crippen LogP contribution is -2.44. The van der Waals surface area contributed by atoms with Gasteiger partial charge in [0.05, 0.1) is 23.8 Å². The Hall–Kier alpha value is -1.37. The first-order valence-corrected chi connectivity index (χ1v) is 7.02. The number of hydrogen-bond acceptors (Lipinski definition) is 3. The van der Waals surface area contributed by atoms with Gasteiger partial charge in [0, 0.05) is 13.7 Å². The molecule has 0 bridgehead atoms. The van der Waals surface area contributed by atoms with Crippen molar-refractivity contribution in [2.24, 2.45) is 0 Å². The number of amides is 2. The number of ether oxygens (including phenoxy) is 1. The zero-order valence-electron chi connectivity index (χ0n) is 12.0. The third-order valence-corrected chi connectivity index (χ3v) is 3.29. The van der Waals surface area contributed by atoms with Gasteiger partial charge < -0.3 is 20.5 Å². The van der Waals surface area contributed by atoms with Gasteiger partial charge in [-0.3, -0.25) is 0 Å². The summed E-state index contributed by atoms with van der Waals surface area (Å²) in [5.41, 5.74) is 0.348. The molecule has 118 valence electrons. The molecule has 7 heteroatoms. The summed E-state index contributed by atoms with van der Waals surface area (Å²) in [6.45, 7) is 2.31. The number of aliphatic hydroxyl groups is 1. The first-order chi connectivity index (χ1) is 9.97. The van der Waals surface area contributed by atoms with E-state index in [0.717, 1.165) is 12.5 Å². The molecule has 0 saturated carbocycles. The molecule has 3 N–H and O–H groups in total. The predicted octanol–water partition coefficient (Wildman–Crippen LogP) is 2.24. The van der Waals surface area contributed by atoms with E-state index in [1.165, 1.54) is 12.1 Å². The Labute approximate surface area is 128 Å². The smallest absolute Gasteiger partial charge is 0.315 e. The summed E-state index contributed by atoms with van der Waals surface area (Å²) in [7, 11) is 1.56. The van der Waals surface area contributed by atoms with Crippen LogP contribution in [0.1, 0.15) is 25.0 Å². The van der Waals surface area contributed by atoms with E-state index < -0.39 is 18.0 Å². The van der Waals surface area contributed by atoms with Crippen molar-refractivity contribution in [3.8, 4) is 0 Å². The first kappa shape index (κ1) is 17.7. The van der Waals surface area contributed by atoms with Gasteiger partial charge in [-0.05, 0) is 24.1 Å². The molecule has 0 radical (unpaired) electrons. The lowest BCUT2D eigenvalue weighted by atomic mass is 10.1. The Morgan fingerprint density at radius 3 is 2.81 bits per heavy atom. The molecule has 0 aliphatic heterocycles. The molecule has 0 aliphatic carbocycles. The normalized spacial score (nSPS) is 13.6. The second kappa shape index (κ2) is 8.81. The van der Waals surface area contributed by atoms with Crippen molar-refractivity contribution in [2.75, 3.05) is 20.3 Å². The van der Waals surface area contributed by atoms with E-state index in [9.17, 15) is 14.3 Å².